The largest absolute Gasteiger partial charge is 0.507 e. The molecule has 5 rings (SSSR count). The van der Waals surface area contributed by atoms with Gasteiger partial charge in [0, 0.05) is 17.2 Å². The summed E-state index contributed by atoms with van der Waals surface area (Å²) in [4.78, 5) is 13.8. The Kier molecular flexibility index (Phi) is 9.78. The summed E-state index contributed by atoms with van der Waals surface area (Å²) in [6, 6.07) is 35.2. The Hall–Kier alpha value is -5.29. The van der Waals surface area contributed by atoms with Crippen molar-refractivity contribution >= 4 is 11.9 Å². The number of allylic oxidation sites excluding steroid dienone is 1. The lowest BCUT2D eigenvalue weighted by Gasteiger charge is -2.19. The van der Waals surface area contributed by atoms with Gasteiger partial charge in [0.15, 0.2) is 5.78 Å². The van der Waals surface area contributed by atoms with E-state index in [9.17, 15) is 9.90 Å². The summed E-state index contributed by atoms with van der Waals surface area (Å²) in [5.74, 6) is 1.54. The van der Waals surface area contributed by atoms with E-state index in [1.807, 2.05) is 123 Å². The molecule has 0 saturated heterocycles. The van der Waals surface area contributed by atoms with Gasteiger partial charge in [-0.2, -0.15) is 0 Å². The molecule has 5 aromatic carbocycles. The van der Waals surface area contributed by atoms with Gasteiger partial charge in [-0.3, -0.25) is 4.79 Å². The molecule has 0 atom stereocenters. The van der Waals surface area contributed by atoms with Crippen LogP contribution in [0.3, 0.4) is 0 Å². The number of ether oxygens (including phenoxy) is 3. The zero-order valence-corrected chi connectivity index (χ0v) is 25.2. The first kappa shape index (κ1) is 30.2. The molecule has 0 bridgehead atoms. The second-order valence-corrected chi connectivity index (χ2v) is 10.6. The van der Waals surface area contributed by atoms with E-state index < -0.39 is 0 Å². The highest BCUT2D eigenvalue weighted by molar-refractivity contribution is 6.10. The molecule has 0 fully saturated rings. The minimum Gasteiger partial charge on any atom is -0.507 e. The molecule has 222 valence electrons. The summed E-state index contributed by atoms with van der Waals surface area (Å²) in [7, 11) is 0. The topological polar surface area (TPSA) is 65.0 Å². The predicted molar refractivity (Wildman–Crippen MR) is 174 cm³/mol. The minimum absolute atomic E-state index is 0.0955. The van der Waals surface area contributed by atoms with Gasteiger partial charge in [0.05, 0.1) is 5.56 Å². The maximum absolute atomic E-state index is 13.8. The molecular formula is C39H36O5. The molecule has 0 aromatic heterocycles. The van der Waals surface area contributed by atoms with Crippen LogP contribution in [0.25, 0.3) is 6.08 Å². The zero-order valence-electron chi connectivity index (χ0n) is 25.2. The number of phenols is 1. The summed E-state index contributed by atoms with van der Waals surface area (Å²) in [5, 5.41) is 10.8. The highest BCUT2D eigenvalue weighted by atomic mass is 16.5. The fraction of sp³-hybridized carbons (Fsp3) is 0.154. The van der Waals surface area contributed by atoms with Crippen LogP contribution in [0.1, 0.15) is 49.3 Å². The minimum atomic E-state index is -0.276. The first-order chi connectivity index (χ1) is 21.4. The van der Waals surface area contributed by atoms with Crippen LogP contribution in [0.5, 0.6) is 23.0 Å². The predicted octanol–water partition coefficient (Wildman–Crippen LogP) is 8.95. The first-order valence-electron chi connectivity index (χ1n) is 14.6. The van der Waals surface area contributed by atoms with Gasteiger partial charge in [-0.15, -0.1) is 0 Å². The van der Waals surface area contributed by atoms with E-state index >= 15 is 0 Å². The third-order valence-electron chi connectivity index (χ3n) is 7.57. The maximum atomic E-state index is 13.8. The lowest BCUT2D eigenvalue weighted by Crippen LogP contribution is -2.08. The third kappa shape index (κ3) is 7.37. The standard InChI is InChI=1S/C39H36O5/c1-27-28(2)39(44-26-32-17-11-6-12-18-32)37(29(3)38(27)41)35(40)22-20-33-19-21-34(42-24-30-13-7-4-8-14-30)23-36(33)43-25-31-15-9-5-10-16-31/h4-23,41H,24-26H2,1-3H3/b22-20+. The second-order valence-electron chi connectivity index (χ2n) is 10.6. The number of phenolic OH excluding ortho intramolecular Hbond substituents is 1. The van der Waals surface area contributed by atoms with E-state index in [0.29, 0.717) is 53.8 Å². The SMILES string of the molecule is Cc1c(C)c(OCc2ccccc2)c(C(=O)/C=C/c2ccc(OCc3ccccc3)cc2OCc2ccccc2)c(C)c1O. The van der Waals surface area contributed by atoms with Crippen LogP contribution in [-0.4, -0.2) is 10.9 Å². The van der Waals surface area contributed by atoms with Gasteiger partial charge >= 0.3 is 0 Å². The molecule has 0 saturated carbocycles. The normalized spacial score (nSPS) is 11.0. The molecule has 0 amide bonds. The molecule has 0 heterocycles. The van der Waals surface area contributed by atoms with Crippen LogP contribution < -0.4 is 14.2 Å². The number of benzene rings is 5. The van der Waals surface area contributed by atoms with Gasteiger partial charge in [0.1, 0.15) is 42.8 Å². The molecule has 0 aliphatic rings. The van der Waals surface area contributed by atoms with E-state index in [1.54, 1.807) is 13.0 Å². The third-order valence-corrected chi connectivity index (χ3v) is 7.57. The van der Waals surface area contributed by atoms with Crippen LogP contribution >= 0.6 is 0 Å². The van der Waals surface area contributed by atoms with Crippen LogP contribution in [0, 0.1) is 20.8 Å². The van der Waals surface area contributed by atoms with Gasteiger partial charge < -0.3 is 19.3 Å². The molecule has 0 spiro atoms. The molecule has 0 unspecified atom stereocenters. The van der Waals surface area contributed by atoms with Crippen molar-refractivity contribution in [3.8, 4) is 23.0 Å². The van der Waals surface area contributed by atoms with Gasteiger partial charge in [0.25, 0.3) is 0 Å². The molecule has 0 aliphatic carbocycles. The van der Waals surface area contributed by atoms with Crippen molar-refractivity contribution in [3.05, 3.63) is 160 Å². The Balaban J connectivity index is 1.43. The summed E-state index contributed by atoms with van der Waals surface area (Å²) in [6.45, 7) is 6.52. The zero-order chi connectivity index (χ0) is 30.9. The molecule has 44 heavy (non-hydrogen) atoms. The monoisotopic (exact) mass is 584 g/mol. The number of carbonyl (C=O) groups is 1. The number of carbonyl (C=O) groups excluding carboxylic acids is 1. The van der Waals surface area contributed by atoms with Crippen LogP contribution in [0.15, 0.2) is 115 Å². The van der Waals surface area contributed by atoms with E-state index in [2.05, 4.69) is 0 Å². The van der Waals surface area contributed by atoms with Crippen molar-refractivity contribution in [2.75, 3.05) is 0 Å². The lowest BCUT2D eigenvalue weighted by molar-refractivity contribution is 0.104. The highest BCUT2D eigenvalue weighted by Crippen LogP contribution is 2.38. The molecule has 0 radical (unpaired) electrons. The highest BCUT2D eigenvalue weighted by Gasteiger charge is 2.22. The Bertz CT molecular complexity index is 1740. The van der Waals surface area contributed by atoms with E-state index in [-0.39, 0.29) is 11.5 Å². The second kappa shape index (κ2) is 14.3. The Morgan fingerprint density at radius 3 is 1.73 bits per heavy atom. The first-order valence-corrected chi connectivity index (χ1v) is 14.6. The molecule has 0 aliphatic heterocycles. The average molecular weight is 585 g/mol. The van der Waals surface area contributed by atoms with Crippen molar-refractivity contribution < 1.29 is 24.1 Å². The Morgan fingerprint density at radius 1 is 0.636 bits per heavy atom. The molecular weight excluding hydrogens is 548 g/mol. The van der Waals surface area contributed by atoms with E-state index in [1.165, 1.54) is 6.08 Å². The fourth-order valence-corrected chi connectivity index (χ4v) is 4.90. The number of hydrogen-bond acceptors (Lipinski definition) is 5. The van der Waals surface area contributed by atoms with E-state index in [0.717, 1.165) is 27.8 Å². The molecule has 5 aromatic rings. The Morgan fingerprint density at radius 2 is 1.16 bits per heavy atom. The molecule has 1 N–H and O–H groups in total. The van der Waals surface area contributed by atoms with Crippen LogP contribution in [0.4, 0.5) is 0 Å². The van der Waals surface area contributed by atoms with Crippen molar-refractivity contribution in [3.63, 3.8) is 0 Å². The quantitative estimate of drug-likeness (QED) is 0.117. The van der Waals surface area contributed by atoms with E-state index in [4.69, 9.17) is 14.2 Å². The number of ketones is 1. The molecule has 5 nitrogen and oxygen atoms in total. The fourth-order valence-electron chi connectivity index (χ4n) is 4.90. The van der Waals surface area contributed by atoms with Crippen LogP contribution in [0.2, 0.25) is 0 Å². The number of rotatable bonds is 12. The van der Waals surface area contributed by atoms with Crippen molar-refractivity contribution in [1.29, 1.82) is 0 Å². The molecule has 5 heteroatoms. The van der Waals surface area contributed by atoms with Gasteiger partial charge in [-0.05, 0) is 72.9 Å². The lowest BCUT2D eigenvalue weighted by atomic mass is 9.94. The summed E-state index contributed by atoms with van der Waals surface area (Å²) in [6.07, 6.45) is 3.23. The maximum Gasteiger partial charge on any atom is 0.190 e. The van der Waals surface area contributed by atoms with Crippen molar-refractivity contribution in [2.45, 2.75) is 40.6 Å². The summed E-state index contributed by atoms with van der Waals surface area (Å²) in [5.41, 5.74) is 6.03. The smallest absolute Gasteiger partial charge is 0.190 e. The van der Waals surface area contributed by atoms with Crippen LogP contribution in [-0.2, 0) is 19.8 Å². The Labute approximate surface area is 259 Å². The van der Waals surface area contributed by atoms with Gasteiger partial charge in [0.2, 0.25) is 0 Å². The van der Waals surface area contributed by atoms with Gasteiger partial charge in [-0.25, -0.2) is 0 Å². The van der Waals surface area contributed by atoms with Crippen molar-refractivity contribution in [1.82, 2.24) is 0 Å². The van der Waals surface area contributed by atoms with Crippen molar-refractivity contribution in [2.24, 2.45) is 0 Å². The van der Waals surface area contributed by atoms with Gasteiger partial charge in [-0.1, -0.05) is 91.0 Å². The summed E-state index contributed by atoms with van der Waals surface area (Å²) < 4.78 is 18.5. The average Bonchev–Trinajstić information content (AvgIpc) is 3.07. The number of hydrogen-bond donors (Lipinski definition) is 1. The summed E-state index contributed by atoms with van der Waals surface area (Å²) >= 11 is 0. The number of aromatic hydroxyl groups is 1.